The predicted octanol–water partition coefficient (Wildman–Crippen LogP) is 0.692. The maximum atomic E-state index is 12.7. The Morgan fingerprint density at radius 3 is 2.33 bits per heavy atom. The average Bonchev–Trinajstić information content (AvgIpc) is 2.45. The number of carbonyl (C=O) groups is 1. The van der Waals surface area contributed by atoms with Gasteiger partial charge in [0.1, 0.15) is 0 Å². The van der Waals surface area contributed by atoms with E-state index in [0.29, 0.717) is 4.90 Å². The molecule has 0 spiro atoms. The molecule has 0 aliphatic carbocycles. The van der Waals surface area contributed by atoms with Crippen LogP contribution in [0, 0.1) is 5.92 Å². The number of rotatable bonds is 2. The Morgan fingerprint density at radius 1 is 1.47 bits per heavy atom. The van der Waals surface area contributed by atoms with E-state index in [0.717, 1.165) is 0 Å². The molecular formula is C8H12F4N2O. The van der Waals surface area contributed by atoms with Crippen LogP contribution in [0.4, 0.5) is 17.6 Å². The Hall–Kier alpha value is -0.850. The van der Waals surface area contributed by atoms with E-state index >= 15 is 0 Å². The van der Waals surface area contributed by atoms with Gasteiger partial charge in [-0.15, -0.1) is 0 Å². The van der Waals surface area contributed by atoms with E-state index in [9.17, 15) is 22.4 Å². The number of hydrogen-bond acceptors (Lipinski definition) is 2. The van der Waals surface area contributed by atoms with E-state index in [2.05, 4.69) is 0 Å². The van der Waals surface area contributed by atoms with Gasteiger partial charge in [0.2, 0.25) is 0 Å². The van der Waals surface area contributed by atoms with Crippen molar-refractivity contribution in [3.05, 3.63) is 0 Å². The summed E-state index contributed by atoms with van der Waals surface area (Å²) in [6.07, 6.45) is -3.97. The summed E-state index contributed by atoms with van der Waals surface area (Å²) >= 11 is 0. The number of amides is 1. The Balaban J connectivity index is 2.70. The molecule has 1 saturated heterocycles. The van der Waals surface area contributed by atoms with Gasteiger partial charge in [0.25, 0.3) is 5.91 Å². The molecule has 15 heavy (non-hydrogen) atoms. The van der Waals surface area contributed by atoms with Crippen molar-refractivity contribution in [2.45, 2.75) is 25.3 Å². The van der Waals surface area contributed by atoms with Crippen molar-refractivity contribution in [2.75, 3.05) is 13.1 Å². The molecule has 0 radical (unpaired) electrons. The summed E-state index contributed by atoms with van der Waals surface area (Å²) in [6, 6.07) is -0.428. The van der Waals surface area contributed by atoms with E-state index in [1.807, 2.05) is 0 Å². The minimum absolute atomic E-state index is 0.00229. The molecule has 1 aliphatic heterocycles. The highest BCUT2D eigenvalue weighted by molar-refractivity contribution is 5.84. The van der Waals surface area contributed by atoms with Gasteiger partial charge in [-0.3, -0.25) is 4.79 Å². The van der Waals surface area contributed by atoms with Crippen LogP contribution in [-0.2, 0) is 4.79 Å². The summed E-state index contributed by atoms with van der Waals surface area (Å²) in [6.45, 7) is 1.59. The highest BCUT2D eigenvalue weighted by Gasteiger charge is 2.52. The van der Waals surface area contributed by atoms with Gasteiger partial charge in [0.05, 0.1) is 0 Å². The lowest BCUT2D eigenvalue weighted by atomic mass is 10.1. The SMILES string of the molecule is CC1CN(C(=O)C(F)(F)C(F)F)CC1N. The molecule has 1 rings (SSSR count). The zero-order chi connectivity index (χ0) is 11.8. The van der Waals surface area contributed by atoms with Crippen LogP contribution in [0.15, 0.2) is 0 Å². The number of nitrogens with two attached hydrogens (primary N) is 1. The van der Waals surface area contributed by atoms with Gasteiger partial charge in [-0.05, 0) is 5.92 Å². The third kappa shape index (κ3) is 2.22. The quantitative estimate of drug-likeness (QED) is 0.707. The van der Waals surface area contributed by atoms with Gasteiger partial charge in [-0.2, -0.15) is 8.78 Å². The maximum absolute atomic E-state index is 12.7. The number of likely N-dealkylation sites (tertiary alicyclic amines) is 1. The summed E-state index contributed by atoms with van der Waals surface area (Å²) < 4.78 is 49.1. The summed E-state index contributed by atoms with van der Waals surface area (Å²) in [5.74, 6) is -6.59. The normalized spacial score (nSPS) is 27.5. The second-order valence-corrected chi connectivity index (χ2v) is 3.77. The minimum atomic E-state index is -4.61. The molecule has 1 fully saturated rings. The number of hydrogen-bond donors (Lipinski definition) is 1. The van der Waals surface area contributed by atoms with Crippen molar-refractivity contribution in [3.8, 4) is 0 Å². The van der Waals surface area contributed by atoms with Crippen molar-refractivity contribution < 1.29 is 22.4 Å². The summed E-state index contributed by atoms with van der Waals surface area (Å²) in [5.41, 5.74) is 5.50. The van der Waals surface area contributed by atoms with Crippen molar-refractivity contribution in [1.82, 2.24) is 4.90 Å². The topological polar surface area (TPSA) is 46.3 Å². The lowest BCUT2D eigenvalue weighted by Gasteiger charge is -2.22. The molecule has 1 heterocycles. The van der Waals surface area contributed by atoms with E-state index in [1.165, 1.54) is 0 Å². The van der Waals surface area contributed by atoms with Crippen LogP contribution >= 0.6 is 0 Å². The Bertz CT molecular complexity index is 249. The highest BCUT2D eigenvalue weighted by atomic mass is 19.3. The smallest absolute Gasteiger partial charge is 0.335 e. The fourth-order valence-electron chi connectivity index (χ4n) is 1.46. The van der Waals surface area contributed by atoms with Gasteiger partial charge in [-0.1, -0.05) is 6.92 Å². The average molecular weight is 228 g/mol. The van der Waals surface area contributed by atoms with E-state index in [-0.39, 0.29) is 19.0 Å². The summed E-state index contributed by atoms with van der Waals surface area (Å²) in [7, 11) is 0. The number of carbonyl (C=O) groups excluding carboxylic acids is 1. The molecule has 0 aromatic carbocycles. The molecule has 88 valence electrons. The highest BCUT2D eigenvalue weighted by Crippen LogP contribution is 2.28. The van der Waals surface area contributed by atoms with Crippen LogP contribution in [0.5, 0.6) is 0 Å². The Labute approximate surface area is 84.2 Å². The number of alkyl halides is 4. The van der Waals surface area contributed by atoms with Crippen molar-refractivity contribution >= 4 is 5.91 Å². The Morgan fingerprint density at radius 2 is 2.00 bits per heavy atom. The molecule has 3 nitrogen and oxygen atoms in total. The molecule has 0 bridgehead atoms. The molecule has 1 amide bonds. The van der Waals surface area contributed by atoms with Crippen LogP contribution in [0.1, 0.15) is 6.92 Å². The minimum Gasteiger partial charge on any atom is -0.335 e. The van der Waals surface area contributed by atoms with Crippen molar-refractivity contribution in [3.63, 3.8) is 0 Å². The van der Waals surface area contributed by atoms with Gasteiger partial charge in [-0.25, -0.2) is 8.78 Å². The first-order chi connectivity index (χ1) is 6.76. The van der Waals surface area contributed by atoms with Crippen LogP contribution in [-0.4, -0.2) is 42.3 Å². The maximum Gasteiger partial charge on any atom is 0.383 e. The molecule has 7 heteroatoms. The van der Waals surface area contributed by atoms with Gasteiger partial charge in [0.15, 0.2) is 0 Å². The fraction of sp³-hybridized carbons (Fsp3) is 0.875. The molecule has 2 atom stereocenters. The molecule has 0 saturated carbocycles. The van der Waals surface area contributed by atoms with Crippen LogP contribution in [0.3, 0.4) is 0 Å². The molecule has 1 aliphatic rings. The molecule has 2 unspecified atom stereocenters. The molecular weight excluding hydrogens is 216 g/mol. The first kappa shape index (κ1) is 12.2. The number of nitrogens with zero attached hydrogens (tertiary/aromatic N) is 1. The molecule has 0 aromatic heterocycles. The van der Waals surface area contributed by atoms with Gasteiger partial charge < -0.3 is 10.6 Å². The first-order valence-electron chi connectivity index (χ1n) is 4.47. The van der Waals surface area contributed by atoms with Crippen molar-refractivity contribution in [2.24, 2.45) is 11.7 Å². The molecule has 0 aromatic rings. The summed E-state index contributed by atoms with van der Waals surface area (Å²) in [5, 5.41) is 0. The lowest BCUT2D eigenvalue weighted by Crippen LogP contribution is -2.47. The summed E-state index contributed by atoms with van der Waals surface area (Å²) in [4.78, 5) is 11.7. The second kappa shape index (κ2) is 3.96. The van der Waals surface area contributed by atoms with Gasteiger partial charge in [0, 0.05) is 19.1 Å². The fourth-order valence-corrected chi connectivity index (χ4v) is 1.46. The van der Waals surface area contributed by atoms with Gasteiger partial charge >= 0.3 is 12.3 Å². The third-order valence-electron chi connectivity index (χ3n) is 2.52. The van der Waals surface area contributed by atoms with Crippen LogP contribution < -0.4 is 5.73 Å². The molecule has 2 N–H and O–H groups in total. The zero-order valence-electron chi connectivity index (χ0n) is 8.09. The van der Waals surface area contributed by atoms with E-state index in [1.54, 1.807) is 6.92 Å². The lowest BCUT2D eigenvalue weighted by molar-refractivity contribution is -0.179. The van der Waals surface area contributed by atoms with Crippen LogP contribution in [0.25, 0.3) is 0 Å². The monoisotopic (exact) mass is 228 g/mol. The standard InChI is InChI=1S/C8H12F4N2O/c1-4-2-14(3-5(4)13)7(15)8(11,12)6(9)10/h4-6H,2-3,13H2,1H3. The number of halogens is 4. The van der Waals surface area contributed by atoms with E-state index < -0.39 is 24.3 Å². The largest absolute Gasteiger partial charge is 0.383 e. The predicted molar refractivity (Wildman–Crippen MR) is 44.7 cm³/mol. The first-order valence-corrected chi connectivity index (χ1v) is 4.47. The van der Waals surface area contributed by atoms with Crippen LogP contribution in [0.2, 0.25) is 0 Å². The third-order valence-corrected chi connectivity index (χ3v) is 2.52. The van der Waals surface area contributed by atoms with Crippen molar-refractivity contribution in [1.29, 1.82) is 0 Å². The second-order valence-electron chi connectivity index (χ2n) is 3.77. The Kier molecular flexibility index (Phi) is 3.22. The zero-order valence-corrected chi connectivity index (χ0v) is 8.09. The van der Waals surface area contributed by atoms with E-state index in [4.69, 9.17) is 5.73 Å².